The molecular weight excluding hydrogens is 338 g/mol. The molecule has 1 aliphatic heterocycles. The summed E-state index contributed by atoms with van der Waals surface area (Å²) in [6.45, 7) is 4.44. The van der Waals surface area contributed by atoms with Crippen LogP contribution >= 0.6 is 0 Å². The predicted octanol–water partition coefficient (Wildman–Crippen LogP) is 1.53. The SMILES string of the molecule is CC1(C)CC(=O)c2c(O)cc(OCC(=O)NCCn3ccnc3)cc2O1. The Morgan fingerprint density at radius 3 is 3.00 bits per heavy atom. The van der Waals surface area contributed by atoms with Crippen molar-refractivity contribution in [1.82, 2.24) is 14.9 Å². The number of fused-ring (bicyclic) bond motifs is 1. The lowest BCUT2D eigenvalue weighted by Crippen LogP contribution is -2.36. The number of carbonyl (C=O) groups excluding carboxylic acids is 2. The van der Waals surface area contributed by atoms with Gasteiger partial charge in [0, 0.05) is 37.6 Å². The molecule has 0 spiro atoms. The molecule has 0 atom stereocenters. The zero-order chi connectivity index (χ0) is 18.7. The van der Waals surface area contributed by atoms with Gasteiger partial charge in [-0.25, -0.2) is 4.98 Å². The third-order valence-electron chi connectivity index (χ3n) is 3.93. The lowest BCUT2D eigenvalue weighted by molar-refractivity contribution is -0.123. The number of aromatic hydroxyl groups is 1. The number of amides is 1. The van der Waals surface area contributed by atoms with Gasteiger partial charge in [0.2, 0.25) is 0 Å². The normalized spacial score (nSPS) is 15.1. The van der Waals surface area contributed by atoms with E-state index in [-0.39, 0.29) is 47.5 Å². The summed E-state index contributed by atoms with van der Waals surface area (Å²) in [6, 6.07) is 2.84. The van der Waals surface area contributed by atoms with Crippen LogP contribution in [0.2, 0.25) is 0 Å². The Morgan fingerprint density at radius 2 is 2.27 bits per heavy atom. The Kier molecular flexibility index (Phi) is 4.83. The highest BCUT2D eigenvalue weighted by molar-refractivity contribution is 6.03. The molecule has 1 amide bonds. The summed E-state index contributed by atoms with van der Waals surface area (Å²) < 4.78 is 13.0. The van der Waals surface area contributed by atoms with Crippen molar-refractivity contribution in [1.29, 1.82) is 0 Å². The molecule has 2 heterocycles. The lowest BCUT2D eigenvalue weighted by Gasteiger charge is -2.32. The van der Waals surface area contributed by atoms with Crippen molar-refractivity contribution in [3.05, 3.63) is 36.4 Å². The first-order valence-electron chi connectivity index (χ1n) is 8.28. The number of imidazole rings is 1. The van der Waals surface area contributed by atoms with E-state index in [1.54, 1.807) is 32.6 Å². The molecule has 0 fully saturated rings. The van der Waals surface area contributed by atoms with E-state index in [4.69, 9.17) is 9.47 Å². The van der Waals surface area contributed by atoms with Gasteiger partial charge in [0.15, 0.2) is 12.4 Å². The second-order valence-corrected chi connectivity index (χ2v) is 6.72. The first-order valence-corrected chi connectivity index (χ1v) is 8.28. The van der Waals surface area contributed by atoms with Crippen molar-refractivity contribution in [3.63, 3.8) is 0 Å². The Labute approximate surface area is 150 Å². The molecule has 2 N–H and O–H groups in total. The van der Waals surface area contributed by atoms with E-state index in [1.165, 1.54) is 12.1 Å². The zero-order valence-electron chi connectivity index (χ0n) is 14.7. The minimum Gasteiger partial charge on any atom is -0.507 e. The molecule has 138 valence electrons. The summed E-state index contributed by atoms with van der Waals surface area (Å²) in [6.07, 6.45) is 5.33. The molecule has 26 heavy (non-hydrogen) atoms. The van der Waals surface area contributed by atoms with Crippen LogP contribution in [0.5, 0.6) is 17.2 Å². The molecule has 0 saturated heterocycles. The highest BCUT2D eigenvalue weighted by Crippen LogP contribution is 2.40. The van der Waals surface area contributed by atoms with Crippen molar-refractivity contribution in [3.8, 4) is 17.2 Å². The van der Waals surface area contributed by atoms with Crippen molar-refractivity contribution < 1.29 is 24.2 Å². The lowest BCUT2D eigenvalue weighted by atomic mass is 9.92. The molecule has 0 unspecified atom stereocenters. The minimum absolute atomic E-state index is 0.154. The molecule has 1 aromatic heterocycles. The minimum atomic E-state index is -0.653. The summed E-state index contributed by atoms with van der Waals surface area (Å²) in [5.41, 5.74) is -0.499. The third kappa shape index (κ3) is 4.14. The van der Waals surface area contributed by atoms with Crippen LogP contribution < -0.4 is 14.8 Å². The van der Waals surface area contributed by atoms with Crippen LogP contribution in [0.25, 0.3) is 0 Å². The number of ether oxygens (including phenoxy) is 2. The molecule has 0 bridgehead atoms. The summed E-state index contributed by atoms with van der Waals surface area (Å²) in [4.78, 5) is 27.9. The van der Waals surface area contributed by atoms with E-state index in [2.05, 4.69) is 10.3 Å². The van der Waals surface area contributed by atoms with E-state index in [9.17, 15) is 14.7 Å². The van der Waals surface area contributed by atoms with Crippen LogP contribution in [0.3, 0.4) is 0 Å². The summed E-state index contributed by atoms with van der Waals surface area (Å²) in [5.74, 6) is -0.158. The van der Waals surface area contributed by atoms with Crippen molar-refractivity contribution in [2.75, 3.05) is 13.2 Å². The van der Waals surface area contributed by atoms with Crippen LogP contribution in [-0.4, -0.2) is 45.1 Å². The van der Waals surface area contributed by atoms with E-state index in [1.807, 2.05) is 4.57 Å². The molecule has 8 heteroatoms. The molecular formula is C18H21N3O5. The van der Waals surface area contributed by atoms with Gasteiger partial charge in [-0.1, -0.05) is 0 Å². The number of rotatable bonds is 6. The molecule has 8 nitrogen and oxygen atoms in total. The molecule has 0 saturated carbocycles. The first-order chi connectivity index (χ1) is 12.3. The molecule has 2 aromatic rings. The van der Waals surface area contributed by atoms with Crippen LogP contribution in [0.1, 0.15) is 30.6 Å². The Bertz CT molecular complexity index is 814. The van der Waals surface area contributed by atoms with Gasteiger partial charge in [-0.2, -0.15) is 0 Å². The average molecular weight is 359 g/mol. The number of Topliss-reactive ketones (excluding diaryl/α,β-unsaturated/α-hetero) is 1. The topological polar surface area (TPSA) is 103 Å². The maximum Gasteiger partial charge on any atom is 0.258 e. The number of benzene rings is 1. The second kappa shape index (κ2) is 7.07. The van der Waals surface area contributed by atoms with Gasteiger partial charge < -0.3 is 24.5 Å². The second-order valence-electron chi connectivity index (χ2n) is 6.72. The average Bonchev–Trinajstić information content (AvgIpc) is 3.04. The van der Waals surface area contributed by atoms with Gasteiger partial charge in [0.25, 0.3) is 5.91 Å². The molecule has 1 aromatic carbocycles. The third-order valence-corrected chi connectivity index (χ3v) is 3.93. The van der Waals surface area contributed by atoms with Crippen molar-refractivity contribution in [2.45, 2.75) is 32.4 Å². The fourth-order valence-electron chi connectivity index (χ4n) is 2.77. The van der Waals surface area contributed by atoms with Gasteiger partial charge in [-0.3, -0.25) is 9.59 Å². The van der Waals surface area contributed by atoms with E-state index < -0.39 is 5.60 Å². The number of hydrogen-bond acceptors (Lipinski definition) is 6. The van der Waals surface area contributed by atoms with Crippen LogP contribution in [0.4, 0.5) is 0 Å². The number of ketones is 1. The van der Waals surface area contributed by atoms with E-state index >= 15 is 0 Å². The first kappa shape index (κ1) is 17.8. The van der Waals surface area contributed by atoms with Crippen LogP contribution in [0, 0.1) is 0 Å². The fourth-order valence-corrected chi connectivity index (χ4v) is 2.77. The monoisotopic (exact) mass is 359 g/mol. The number of aromatic nitrogens is 2. The summed E-state index contributed by atoms with van der Waals surface area (Å²) in [5, 5.41) is 12.8. The molecule has 1 aliphatic rings. The van der Waals surface area contributed by atoms with Gasteiger partial charge in [-0.05, 0) is 13.8 Å². The van der Waals surface area contributed by atoms with Gasteiger partial charge >= 0.3 is 0 Å². The quantitative estimate of drug-likeness (QED) is 0.811. The Hall–Kier alpha value is -3.03. The largest absolute Gasteiger partial charge is 0.507 e. The highest BCUT2D eigenvalue weighted by atomic mass is 16.5. The molecule has 3 rings (SSSR count). The van der Waals surface area contributed by atoms with Crippen molar-refractivity contribution >= 4 is 11.7 Å². The number of carbonyl (C=O) groups is 2. The maximum absolute atomic E-state index is 12.2. The number of hydrogen-bond donors (Lipinski definition) is 2. The summed E-state index contributed by atoms with van der Waals surface area (Å²) >= 11 is 0. The van der Waals surface area contributed by atoms with Crippen LogP contribution in [-0.2, 0) is 11.3 Å². The molecule has 0 radical (unpaired) electrons. The number of nitrogens with one attached hydrogen (secondary N) is 1. The predicted molar refractivity (Wildman–Crippen MR) is 92.5 cm³/mol. The maximum atomic E-state index is 12.2. The Morgan fingerprint density at radius 1 is 1.46 bits per heavy atom. The molecule has 0 aliphatic carbocycles. The van der Waals surface area contributed by atoms with Crippen LogP contribution in [0.15, 0.2) is 30.9 Å². The van der Waals surface area contributed by atoms with Crippen molar-refractivity contribution in [2.24, 2.45) is 0 Å². The standard InChI is InChI=1S/C18H21N3O5/c1-18(2)9-14(23)17-13(22)7-12(8-15(17)26-18)25-10-16(24)20-4-6-21-5-3-19-11-21/h3,5,7-8,11,22H,4,6,9-10H2,1-2H3,(H,20,24). The number of phenolic OH excluding ortho intramolecular Hbond substituents is 1. The zero-order valence-corrected chi connectivity index (χ0v) is 14.7. The van der Waals surface area contributed by atoms with Gasteiger partial charge in [0.1, 0.15) is 28.4 Å². The van der Waals surface area contributed by atoms with E-state index in [0.717, 1.165) is 0 Å². The Balaban J connectivity index is 1.57. The van der Waals surface area contributed by atoms with E-state index in [0.29, 0.717) is 13.1 Å². The number of nitrogens with zero attached hydrogens (tertiary/aromatic N) is 2. The summed E-state index contributed by atoms with van der Waals surface area (Å²) in [7, 11) is 0. The smallest absolute Gasteiger partial charge is 0.258 e. The van der Waals surface area contributed by atoms with Gasteiger partial charge in [-0.15, -0.1) is 0 Å². The fraction of sp³-hybridized carbons (Fsp3) is 0.389. The van der Waals surface area contributed by atoms with Gasteiger partial charge in [0.05, 0.1) is 12.7 Å². The highest BCUT2D eigenvalue weighted by Gasteiger charge is 2.34. The number of phenols is 1.